The topological polar surface area (TPSA) is 67.5 Å². The van der Waals surface area contributed by atoms with E-state index in [0.717, 1.165) is 85.7 Å². The SMILES string of the molecule is Cc1c(OCC2CCC(O)CC2)ccc2c(CCC3CCNCC3)noc12. The van der Waals surface area contributed by atoms with Gasteiger partial charge >= 0.3 is 0 Å². The number of aliphatic hydroxyl groups is 1. The summed E-state index contributed by atoms with van der Waals surface area (Å²) in [6, 6.07) is 4.18. The molecule has 148 valence electrons. The van der Waals surface area contributed by atoms with Crippen LogP contribution in [0.1, 0.15) is 56.2 Å². The Morgan fingerprint density at radius 1 is 1.11 bits per heavy atom. The largest absolute Gasteiger partial charge is 0.493 e. The van der Waals surface area contributed by atoms with Crippen molar-refractivity contribution in [1.29, 1.82) is 0 Å². The Balaban J connectivity index is 1.38. The zero-order chi connectivity index (χ0) is 18.6. The molecule has 1 aliphatic heterocycles. The van der Waals surface area contributed by atoms with Crippen LogP contribution in [0, 0.1) is 18.8 Å². The number of benzene rings is 1. The number of aromatic nitrogens is 1. The van der Waals surface area contributed by atoms with E-state index in [1.165, 1.54) is 19.3 Å². The maximum absolute atomic E-state index is 9.64. The molecule has 1 aromatic heterocycles. The van der Waals surface area contributed by atoms with Crippen LogP contribution < -0.4 is 10.1 Å². The quantitative estimate of drug-likeness (QED) is 0.802. The van der Waals surface area contributed by atoms with E-state index in [4.69, 9.17) is 9.26 Å². The van der Waals surface area contributed by atoms with Gasteiger partial charge in [-0.3, -0.25) is 0 Å². The predicted molar refractivity (Wildman–Crippen MR) is 106 cm³/mol. The molecule has 0 atom stereocenters. The zero-order valence-electron chi connectivity index (χ0n) is 16.4. The highest BCUT2D eigenvalue weighted by atomic mass is 16.5. The van der Waals surface area contributed by atoms with Crippen LogP contribution in [0.2, 0.25) is 0 Å². The third-order valence-corrected chi connectivity index (χ3v) is 6.45. The first-order chi connectivity index (χ1) is 13.2. The zero-order valence-corrected chi connectivity index (χ0v) is 16.4. The molecule has 0 radical (unpaired) electrons. The molecule has 2 fully saturated rings. The van der Waals surface area contributed by atoms with Gasteiger partial charge in [0.1, 0.15) is 5.75 Å². The summed E-state index contributed by atoms with van der Waals surface area (Å²) in [7, 11) is 0. The van der Waals surface area contributed by atoms with Crippen LogP contribution in [-0.2, 0) is 6.42 Å². The van der Waals surface area contributed by atoms with E-state index in [1.807, 2.05) is 0 Å². The average Bonchev–Trinajstić information content (AvgIpc) is 3.12. The first kappa shape index (κ1) is 18.8. The van der Waals surface area contributed by atoms with Crippen molar-refractivity contribution in [1.82, 2.24) is 10.5 Å². The fraction of sp³-hybridized carbons (Fsp3) is 0.682. The second kappa shape index (κ2) is 8.61. The molecule has 2 heterocycles. The fourth-order valence-corrected chi connectivity index (χ4v) is 4.54. The summed E-state index contributed by atoms with van der Waals surface area (Å²) in [4.78, 5) is 0. The highest BCUT2D eigenvalue weighted by Crippen LogP contribution is 2.32. The summed E-state index contributed by atoms with van der Waals surface area (Å²) in [6.45, 7) is 5.06. The van der Waals surface area contributed by atoms with E-state index < -0.39 is 0 Å². The molecule has 1 saturated heterocycles. The van der Waals surface area contributed by atoms with Crippen molar-refractivity contribution in [2.45, 2.75) is 64.4 Å². The van der Waals surface area contributed by atoms with Crippen LogP contribution in [0.15, 0.2) is 16.7 Å². The Bertz CT molecular complexity index is 743. The summed E-state index contributed by atoms with van der Waals surface area (Å²) in [5.41, 5.74) is 3.00. The monoisotopic (exact) mass is 372 g/mol. The lowest BCUT2D eigenvalue weighted by Crippen LogP contribution is -2.27. The molecular weight excluding hydrogens is 340 g/mol. The van der Waals surface area contributed by atoms with Gasteiger partial charge in [0.25, 0.3) is 0 Å². The highest BCUT2D eigenvalue weighted by Gasteiger charge is 2.21. The smallest absolute Gasteiger partial charge is 0.173 e. The summed E-state index contributed by atoms with van der Waals surface area (Å²) < 4.78 is 11.8. The lowest BCUT2D eigenvalue weighted by atomic mass is 9.88. The Hall–Kier alpha value is -1.59. The number of aryl methyl sites for hydroxylation is 2. The lowest BCUT2D eigenvalue weighted by Gasteiger charge is -2.25. The Kier molecular flexibility index (Phi) is 5.98. The lowest BCUT2D eigenvalue weighted by molar-refractivity contribution is 0.0916. The third-order valence-electron chi connectivity index (χ3n) is 6.45. The number of hydrogen-bond acceptors (Lipinski definition) is 5. The minimum atomic E-state index is -0.114. The van der Waals surface area contributed by atoms with Gasteiger partial charge in [-0.1, -0.05) is 5.16 Å². The molecule has 0 spiro atoms. The number of hydrogen-bond donors (Lipinski definition) is 2. The molecule has 1 aromatic carbocycles. The maximum Gasteiger partial charge on any atom is 0.173 e. The van der Waals surface area contributed by atoms with Gasteiger partial charge in [-0.05, 0) is 95.3 Å². The first-order valence-corrected chi connectivity index (χ1v) is 10.6. The number of nitrogens with zero attached hydrogens (tertiary/aromatic N) is 1. The molecule has 1 saturated carbocycles. The van der Waals surface area contributed by atoms with E-state index in [9.17, 15) is 5.11 Å². The summed E-state index contributed by atoms with van der Waals surface area (Å²) in [5, 5.41) is 18.6. The molecule has 4 rings (SSSR count). The van der Waals surface area contributed by atoms with E-state index in [1.54, 1.807) is 0 Å². The van der Waals surface area contributed by atoms with Crippen LogP contribution in [0.5, 0.6) is 5.75 Å². The summed E-state index contributed by atoms with van der Waals surface area (Å²) in [5.74, 6) is 2.24. The Morgan fingerprint density at radius 3 is 2.67 bits per heavy atom. The molecule has 0 unspecified atom stereocenters. The number of nitrogens with one attached hydrogen (secondary N) is 1. The minimum absolute atomic E-state index is 0.114. The van der Waals surface area contributed by atoms with E-state index >= 15 is 0 Å². The highest BCUT2D eigenvalue weighted by molar-refractivity contribution is 5.84. The van der Waals surface area contributed by atoms with Gasteiger partial charge in [-0.15, -0.1) is 0 Å². The Labute approximate surface area is 161 Å². The van der Waals surface area contributed by atoms with Crippen molar-refractivity contribution in [2.75, 3.05) is 19.7 Å². The van der Waals surface area contributed by atoms with Crippen molar-refractivity contribution in [3.63, 3.8) is 0 Å². The normalized spacial score (nSPS) is 24.4. The molecule has 5 heteroatoms. The van der Waals surface area contributed by atoms with Crippen molar-refractivity contribution in [3.05, 3.63) is 23.4 Å². The van der Waals surface area contributed by atoms with Gasteiger partial charge in [-0.2, -0.15) is 0 Å². The molecule has 2 aliphatic rings. The van der Waals surface area contributed by atoms with Gasteiger partial charge in [0.05, 0.1) is 18.4 Å². The Morgan fingerprint density at radius 2 is 1.89 bits per heavy atom. The number of piperidine rings is 1. The predicted octanol–water partition coefficient (Wildman–Crippen LogP) is 4.00. The molecular formula is C22H32N2O3. The minimum Gasteiger partial charge on any atom is -0.493 e. The van der Waals surface area contributed by atoms with Gasteiger partial charge < -0.3 is 19.7 Å². The van der Waals surface area contributed by atoms with Crippen LogP contribution in [0.3, 0.4) is 0 Å². The van der Waals surface area contributed by atoms with Crippen LogP contribution in [-0.4, -0.2) is 36.1 Å². The van der Waals surface area contributed by atoms with E-state index in [-0.39, 0.29) is 6.10 Å². The number of fused-ring (bicyclic) bond motifs is 1. The van der Waals surface area contributed by atoms with Gasteiger partial charge in [-0.25, -0.2) is 0 Å². The van der Waals surface area contributed by atoms with Crippen molar-refractivity contribution < 1.29 is 14.4 Å². The molecule has 0 bridgehead atoms. The fourth-order valence-electron chi connectivity index (χ4n) is 4.54. The average molecular weight is 373 g/mol. The van der Waals surface area contributed by atoms with Crippen LogP contribution >= 0.6 is 0 Å². The summed E-state index contributed by atoms with van der Waals surface area (Å²) >= 11 is 0. The van der Waals surface area contributed by atoms with E-state index in [0.29, 0.717) is 5.92 Å². The second-order valence-corrected chi connectivity index (χ2v) is 8.41. The second-order valence-electron chi connectivity index (χ2n) is 8.41. The van der Waals surface area contributed by atoms with Gasteiger partial charge in [0.15, 0.2) is 5.58 Å². The van der Waals surface area contributed by atoms with Crippen molar-refractivity contribution >= 4 is 11.0 Å². The molecule has 0 amide bonds. The maximum atomic E-state index is 9.64. The number of ether oxygens (including phenoxy) is 1. The number of aliphatic hydroxyl groups excluding tert-OH is 1. The molecule has 1 aliphatic carbocycles. The molecule has 2 aromatic rings. The molecule has 5 nitrogen and oxygen atoms in total. The summed E-state index contributed by atoms with van der Waals surface area (Å²) in [6.07, 6.45) is 8.49. The van der Waals surface area contributed by atoms with Crippen molar-refractivity contribution in [3.8, 4) is 5.75 Å². The third kappa shape index (κ3) is 4.46. The first-order valence-electron chi connectivity index (χ1n) is 10.6. The molecule has 2 N–H and O–H groups in total. The van der Waals surface area contributed by atoms with Crippen LogP contribution in [0.4, 0.5) is 0 Å². The van der Waals surface area contributed by atoms with Crippen molar-refractivity contribution in [2.24, 2.45) is 11.8 Å². The van der Waals surface area contributed by atoms with E-state index in [2.05, 4.69) is 29.5 Å². The standard InChI is InChI=1S/C22H32N2O3/c1-15-21(26-14-17-2-5-18(25)6-3-17)9-7-19-20(24-27-22(15)19)8-4-16-10-12-23-13-11-16/h7,9,16-18,23,25H,2-6,8,10-14H2,1H3. The van der Waals surface area contributed by atoms with Crippen LogP contribution in [0.25, 0.3) is 11.0 Å². The molecule has 27 heavy (non-hydrogen) atoms. The number of rotatable bonds is 6. The van der Waals surface area contributed by atoms with Gasteiger partial charge in [0.2, 0.25) is 0 Å². The van der Waals surface area contributed by atoms with Gasteiger partial charge in [0, 0.05) is 10.9 Å².